The molecule has 2 atom stereocenters. The number of amides is 2. The fourth-order valence-corrected chi connectivity index (χ4v) is 4.44. The zero-order valence-corrected chi connectivity index (χ0v) is 17.2. The molecule has 2 heterocycles. The summed E-state index contributed by atoms with van der Waals surface area (Å²) in [5.41, 5.74) is 3.51. The molecular weight excluding hydrogens is 385 g/mol. The lowest BCUT2D eigenvalue weighted by atomic mass is 10.0. The number of aromatic amines is 1. The minimum atomic E-state index is -0.289. The molecule has 1 aromatic carbocycles. The van der Waals surface area contributed by atoms with Crippen LogP contribution in [0.2, 0.25) is 0 Å². The van der Waals surface area contributed by atoms with E-state index in [4.69, 9.17) is 0 Å². The van der Waals surface area contributed by atoms with Crippen molar-refractivity contribution >= 4 is 11.8 Å². The minimum Gasteiger partial charge on any atom is -0.352 e. The maximum atomic E-state index is 13.0. The van der Waals surface area contributed by atoms with E-state index < -0.39 is 0 Å². The lowest BCUT2D eigenvalue weighted by Gasteiger charge is -2.21. The van der Waals surface area contributed by atoms with E-state index in [9.17, 15) is 14.0 Å². The monoisotopic (exact) mass is 413 g/mol. The van der Waals surface area contributed by atoms with Gasteiger partial charge in [-0.3, -0.25) is 14.7 Å². The second-order valence-corrected chi connectivity index (χ2v) is 8.39. The van der Waals surface area contributed by atoms with Gasteiger partial charge in [-0.25, -0.2) is 4.39 Å². The molecule has 3 N–H and O–H groups in total. The predicted octanol–water partition coefficient (Wildman–Crippen LogP) is 1.79. The summed E-state index contributed by atoms with van der Waals surface area (Å²) in [6, 6.07) is 6.11. The van der Waals surface area contributed by atoms with Crippen LogP contribution in [0.1, 0.15) is 46.6 Å². The van der Waals surface area contributed by atoms with Gasteiger partial charge in [-0.2, -0.15) is 5.10 Å². The molecule has 0 unspecified atom stereocenters. The van der Waals surface area contributed by atoms with Crippen molar-refractivity contribution in [3.63, 3.8) is 0 Å². The number of likely N-dealkylation sites (N-methyl/N-ethyl adjacent to an activating group) is 1. The van der Waals surface area contributed by atoms with E-state index in [-0.39, 0.29) is 29.6 Å². The van der Waals surface area contributed by atoms with Gasteiger partial charge in [0, 0.05) is 36.9 Å². The van der Waals surface area contributed by atoms with E-state index >= 15 is 0 Å². The average Bonchev–Trinajstić information content (AvgIpc) is 3.29. The van der Waals surface area contributed by atoms with Gasteiger partial charge in [-0.15, -0.1) is 0 Å². The Bertz CT molecular complexity index is 911. The highest BCUT2D eigenvalue weighted by Gasteiger charge is 2.29. The largest absolute Gasteiger partial charge is 0.352 e. The molecule has 0 spiro atoms. The van der Waals surface area contributed by atoms with E-state index in [2.05, 4.69) is 25.7 Å². The zero-order valence-electron chi connectivity index (χ0n) is 17.2. The van der Waals surface area contributed by atoms with Gasteiger partial charge >= 0.3 is 0 Å². The van der Waals surface area contributed by atoms with Crippen molar-refractivity contribution in [2.45, 2.75) is 44.7 Å². The first-order chi connectivity index (χ1) is 14.5. The van der Waals surface area contributed by atoms with Crippen molar-refractivity contribution in [1.29, 1.82) is 0 Å². The molecule has 2 aromatic rings. The number of aromatic nitrogens is 2. The molecule has 4 rings (SSSR count). The SMILES string of the molecule is CN1C[C@@H](NC(=O)c2n[nH]c3c2CCC3)CC[C@@H](C(=O)NCc2ccc(F)cc2)C1. The Morgan fingerprint density at radius 1 is 1.20 bits per heavy atom. The Balaban J connectivity index is 1.31. The Morgan fingerprint density at radius 2 is 2.00 bits per heavy atom. The quantitative estimate of drug-likeness (QED) is 0.697. The van der Waals surface area contributed by atoms with Crippen LogP contribution in [0.3, 0.4) is 0 Å². The Hall–Kier alpha value is -2.74. The van der Waals surface area contributed by atoms with E-state index in [1.54, 1.807) is 12.1 Å². The lowest BCUT2D eigenvalue weighted by Crippen LogP contribution is -2.42. The molecule has 2 aliphatic rings. The molecule has 0 bridgehead atoms. The van der Waals surface area contributed by atoms with Gasteiger partial charge in [0.15, 0.2) is 5.69 Å². The third-order valence-electron chi connectivity index (χ3n) is 6.04. The molecule has 1 aliphatic heterocycles. The number of halogens is 1. The number of hydrogen-bond acceptors (Lipinski definition) is 4. The summed E-state index contributed by atoms with van der Waals surface area (Å²) in [5, 5.41) is 13.3. The third-order valence-corrected chi connectivity index (χ3v) is 6.04. The van der Waals surface area contributed by atoms with E-state index in [1.165, 1.54) is 12.1 Å². The van der Waals surface area contributed by atoms with E-state index in [1.807, 2.05) is 7.05 Å². The van der Waals surface area contributed by atoms with Crippen molar-refractivity contribution < 1.29 is 14.0 Å². The van der Waals surface area contributed by atoms with Gasteiger partial charge in [-0.1, -0.05) is 12.1 Å². The molecule has 0 saturated carbocycles. The number of fused-ring (bicyclic) bond motifs is 1. The Kier molecular flexibility index (Phi) is 6.13. The number of H-pyrrole nitrogens is 1. The summed E-state index contributed by atoms with van der Waals surface area (Å²) in [5.74, 6) is -0.578. The van der Waals surface area contributed by atoms with Crippen LogP contribution in [-0.2, 0) is 24.2 Å². The van der Waals surface area contributed by atoms with Crippen molar-refractivity contribution in [3.8, 4) is 0 Å². The molecule has 160 valence electrons. The minimum absolute atomic E-state index is 0.0109. The summed E-state index contributed by atoms with van der Waals surface area (Å²) in [4.78, 5) is 27.5. The lowest BCUT2D eigenvalue weighted by molar-refractivity contribution is -0.125. The van der Waals surface area contributed by atoms with Crippen molar-refractivity contribution in [3.05, 3.63) is 52.6 Å². The topological polar surface area (TPSA) is 90.1 Å². The van der Waals surface area contributed by atoms with Crippen LogP contribution in [0.15, 0.2) is 24.3 Å². The molecule has 7 nitrogen and oxygen atoms in total. The summed E-state index contributed by atoms with van der Waals surface area (Å²) >= 11 is 0. The number of carbonyl (C=O) groups excluding carboxylic acids is 2. The van der Waals surface area contributed by atoms with Crippen LogP contribution in [0, 0.1) is 11.7 Å². The van der Waals surface area contributed by atoms with Crippen LogP contribution in [0.4, 0.5) is 4.39 Å². The summed E-state index contributed by atoms with van der Waals surface area (Å²) < 4.78 is 13.0. The normalized spacial score (nSPS) is 21.7. The molecule has 1 saturated heterocycles. The predicted molar refractivity (Wildman–Crippen MR) is 110 cm³/mol. The average molecular weight is 413 g/mol. The molecular formula is C22H28FN5O2. The van der Waals surface area contributed by atoms with Crippen LogP contribution in [0.25, 0.3) is 0 Å². The second-order valence-electron chi connectivity index (χ2n) is 8.39. The molecule has 8 heteroatoms. The Labute approximate surface area is 175 Å². The maximum absolute atomic E-state index is 13.0. The zero-order chi connectivity index (χ0) is 21.1. The highest BCUT2D eigenvalue weighted by atomic mass is 19.1. The highest BCUT2D eigenvalue weighted by Crippen LogP contribution is 2.23. The first-order valence-corrected chi connectivity index (χ1v) is 10.6. The fourth-order valence-electron chi connectivity index (χ4n) is 4.44. The van der Waals surface area contributed by atoms with Gasteiger partial charge in [0.1, 0.15) is 5.82 Å². The first-order valence-electron chi connectivity index (χ1n) is 10.6. The van der Waals surface area contributed by atoms with E-state index in [0.29, 0.717) is 31.7 Å². The summed E-state index contributed by atoms with van der Waals surface area (Å²) in [6.07, 6.45) is 4.34. The van der Waals surface area contributed by atoms with Crippen LogP contribution in [0.5, 0.6) is 0 Å². The number of nitrogens with zero attached hydrogens (tertiary/aromatic N) is 2. The number of likely N-dealkylation sites (tertiary alicyclic amines) is 1. The molecule has 2 amide bonds. The highest BCUT2D eigenvalue weighted by molar-refractivity contribution is 5.94. The van der Waals surface area contributed by atoms with Crippen molar-refractivity contribution in [2.75, 3.05) is 20.1 Å². The van der Waals surface area contributed by atoms with Crippen LogP contribution >= 0.6 is 0 Å². The van der Waals surface area contributed by atoms with Gasteiger partial charge in [-0.05, 0) is 56.8 Å². The maximum Gasteiger partial charge on any atom is 0.272 e. The number of hydrogen-bond donors (Lipinski definition) is 3. The first kappa shape index (κ1) is 20.5. The van der Waals surface area contributed by atoms with Crippen molar-refractivity contribution in [2.24, 2.45) is 5.92 Å². The Morgan fingerprint density at radius 3 is 2.80 bits per heavy atom. The number of benzene rings is 1. The van der Waals surface area contributed by atoms with Crippen molar-refractivity contribution in [1.82, 2.24) is 25.7 Å². The molecule has 1 aromatic heterocycles. The van der Waals surface area contributed by atoms with Gasteiger partial charge < -0.3 is 15.5 Å². The third kappa shape index (κ3) is 4.70. The van der Waals surface area contributed by atoms with Crippen LogP contribution in [-0.4, -0.2) is 53.1 Å². The summed E-state index contributed by atoms with van der Waals surface area (Å²) in [6.45, 7) is 1.71. The van der Waals surface area contributed by atoms with Gasteiger partial charge in [0.2, 0.25) is 5.91 Å². The summed E-state index contributed by atoms with van der Waals surface area (Å²) in [7, 11) is 1.97. The van der Waals surface area contributed by atoms with Crippen LogP contribution < -0.4 is 10.6 Å². The molecule has 0 radical (unpaired) electrons. The molecule has 30 heavy (non-hydrogen) atoms. The smallest absolute Gasteiger partial charge is 0.272 e. The number of aryl methyl sites for hydroxylation is 1. The molecule has 1 fully saturated rings. The fraction of sp³-hybridized carbons (Fsp3) is 0.500. The second kappa shape index (κ2) is 8.95. The van der Waals surface area contributed by atoms with Gasteiger partial charge in [0.25, 0.3) is 5.91 Å². The standard InChI is InChI=1S/C22H28FN5O2/c1-28-12-15(21(29)24-11-14-5-8-16(23)9-6-14)7-10-17(13-28)25-22(30)20-18-3-2-4-19(18)26-27-20/h5-6,8-9,15,17H,2-4,7,10-13H2,1H3,(H,24,29)(H,25,30)(H,26,27)/t15-,17+/m1/s1. The number of carbonyl (C=O) groups is 2. The number of rotatable bonds is 5. The van der Waals surface area contributed by atoms with Gasteiger partial charge in [0.05, 0.1) is 5.92 Å². The molecule has 1 aliphatic carbocycles. The number of nitrogens with one attached hydrogen (secondary N) is 3. The van der Waals surface area contributed by atoms with E-state index in [0.717, 1.165) is 42.5 Å².